The van der Waals surface area contributed by atoms with Gasteiger partial charge in [0.15, 0.2) is 0 Å². The highest BCUT2D eigenvalue weighted by Crippen LogP contribution is 2.12. The fraction of sp³-hybridized carbons (Fsp3) is 0.357. The molecule has 0 heteroatoms. The molecule has 3 rings (SSSR count). The minimum Gasteiger partial charge on any atom is -0.0625 e. The van der Waals surface area contributed by atoms with Crippen molar-refractivity contribution in [1.29, 1.82) is 0 Å². The summed E-state index contributed by atoms with van der Waals surface area (Å²) >= 11 is 0. The van der Waals surface area contributed by atoms with Crippen molar-refractivity contribution in [3.8, 4) is 0 Å². The van der Waals surface area contributed by atoms with Crippen LogP contribution in [0.5, 0.6) is 0 Å². The normalized spacial score (nSPS) is 10.2. The Morgan fingerprint density at radius 3 is 1.04 bits per heavy atom. The van der Waals surface area contributed by atoms with Gasteiger partial charge in [-0.2, -0.15) is 0 Å². The van der Waals surface area contributed by atoms with E-state index < -0.39 is 0 Å². The highest BCUT2D eigenvalue weighted by molar-refractivity contribution is 5.18. The molecule has 3 aromatic carbocycles. The van der Waals surface area contributed by atoms with E-state index in [1.807, 2.05) is 12.1 Å². The summed E-state index contributed by atoms with van der Waals surface area (Å²) in [5.74, 6) is 2.08. The Kier molecular flexibility index (Phi) is 11.7. The van der Waals surface area contributed by atoms with Gasteiger partial charge in [0.2, 0.25) is 0 Å². The second kappa shape index (κ2) is 13.8. The standard InChI is InChI=1S/C10H14.2C9H12/c1-9(2)8-10-6-4-3-5-7-10;2*1-8(2)9-6-4-3-5-7-9/h3-7,9H,8H2,1-2H3;2*3-8H,1-2H3. The monoisotopic (exact) mass is 374 g/mol. The van der Waals surface area contributed by atoms with Crippen LogP contribution in [0.1, 0.15) is 70.1 Å². The molecule has 0 bridgehead atoms. The van der Waals surface area contributed by atoms with Crippen LogP contribution in [0.3, 0.4) is 0 Å². The smallest absolute Gasteiger partial charge is 0.0219 e. The van der Waals surface area contributed by atoms with Gasteiger partial charge < -0.3 is 0 Å². The number of benzene rings is 3. The lowest BCUT2D eigenvalue weighted by molar-refractivity contribution is 0.647. The predicted molar refractivity (Wildman–Crippen MR) is 126 cm³/mol. The van der Waals surface area contributed by atoms with Crippen LogP contribution in [0, 0.1) is 5.92 Å². The van der Waals surface area contributed by atoms with E-state index in [0.717, 1.165) is 5.92 Å². The lowest BCUT2D eigenvalue weighted by Gasteiger charge is -2.02. The van der Waals surface area contributed by atoms with Crippen LogP contribution in [0.25, 0.3) is 0 Å². The summed E-state index contributed by atoms with van der Waals surface area (Å²) in [4.78, 5) is 0. The van der Waals surface area contributed by atoms with Gasteiger partial charge in [-0.3, -0.25) is 0 Å². The number of hydrogen-bond acceptors (Lipinski definition) is 0. The maximum atomic E-state index is 2.24. The van der Waals surface area contributed by atoms with Crippen molar-refractivity contribution in [1.82, 2.24) is 0 Å². The summed E-state index contributed by atoms with van der Waals surface area (Å²) in [5, 5.41) is 0. The van der Waals surface area contributed by atoms with Crippen molar-refractivity contribution in [3.05, 3.63) is 108 Å². The molecule has 0 aliphatic rings. The van der Waals surface area contributed by atoms with Crippen molar-refractivity contribution in [2.24, 2.45) is 5.92 Å². The van der Waals surface area contributed by atoms with Gasteiger partial charge >= 0.3 is 0 Å². The van der Waals surface area contributed by atoms with E-state index in [1.165, 1.54) is 23.1 Å². The molecule has 0 unspecified atom stereocenters. The summed E-state index contributed by atoms with van der Waals surface area (Å²) in [6.07, 6.45) is 1.20. The molecule has 0 heterocycles. The Bertz CT molecular complexity index is 666. The fourth-order valence-corrected chi connectivity index (χ4v) is 2.76. The first-order chi connectivity index (χ1) is 13.4. The van der Waals surface area contributed by atoms with Crippen molar-refractivity contribution in [2.45, 2.75) is 59.8 Å². The van der Waals surface area contributed by atoms with Crippen molar-refractivity contribution in [2.75, 3.05) is 0 Å². The second-order valence-electron chi connectivity index (χ2n) is 8.21. The van der Waals surface area contributed by atoms with Gasteiger partial charge in [-0.05, 0) is 40.9 Å². The molecule has 28 heavy (non-hydrogen) atoms. The van der Waals surface area contributed by atoms with Gasteiger partial charge in [0.1, 0.15) is 0 Å². The second-order valence-corrected chi connectivity index (χ2v) is 8.21. The molecule has 0 aliphatic heterocycles. The molecule has 0 aliphatic carbocycles. The van der Waals surface area contributed by atoms with E-state index in [1.54, 1.807) is 0 Å². The van der Waals surface area contributed by atoms with Crippen LogP contribution in [-0.4, -0.2) is 0 Å². The summed E-state index contributed by atoms with van der Waals surface area (Å²) < 4.78 is 0. The van der Waals surface area contributed by atoms with Crippen LogP contribution in [-0.2, 0) is 6.42 Å². The first kappa shape index (κ1) is 23.7. The highest BCUT2D eigenvalue weighted by Gasteiger charge is 1.95. The van der Waals surface area contributed by atoms with Crippen molar-refractivity contribution < 1.29 is 0 Å². The molecule has 0 saturated heterocycles. The zero-order valence-electron chi connectivity index (χ0n) is 18.6. The van der Waals surface area contributed by atoms with Crippen molar-refractivity contribution in [3.63, 3.8) is 0 Å². The Morgan fingerprint density at radius 1 is 0.464 bits per heavy atom. The summed E-state index contributed by atoms with van der Waals surface area (Å²) in [6.45, 7) is 13.3. The summed E-state index contributed by atoms with van der Waals surface area (Å²) in [6, 6.07) is 31.6. The summed E-state index contributed by atoms with van der Waals surface area (Å²) in [5.41, 5.74) is 4.27. The van der Waals surface area contributed by atoms with Crippen LogP contribution >= 0.6 is 0 Å². The average Bonchev–Trinajstić information content (AvgIpc) is 2.70. The maximum Gasteiger partial charge on any atom is -0.0219 e. The van der Waals surface area contributed by atoms with Crippen LogP contribution in [0.2, 0.25) is 0 Å². The molecule has 0 amide bonds. The van der Waals surface area contributed by atoms with Crippen LogP contribution in [0.15, 0.2) is 91.0 Å². The zero-order chi connectivity index (χ0) is 20.8. The zero-order valence-corrected chi connectivity index (χ0v) is 18.6. The van der Waals surface area contributed by atoms with E-state index in [-0.39, 0.29) is 0 Å². The van der Waals surface area contributed by atoms with E-state index in [4.69, 9.17) is 0 Å². The van der Waals surface area contributed by atoms with E-state index in [0.29, 0.717) is 11.8 Å². The molecule has 0 saturated carbocycles. The number of hydrogen-bond donors (Lipinski definition) is 0. The maximum absolute atomic E-state index is 2.24. The van der Waals surface area contributed by atoms with Gasteiger partial charge in [-0.1, -0.05) is 133 Å². The highest BCUT2D eigenvalue weighted by atomic mass is 14.0. The van der Waals surface area contributed by atoms with Crippen LogP contribution < -0.4 is 0 Å². The van der Waals surface area contributed by atoms with Crippen LogP contribution in [0.4, 0.5) is 0 Å². The third kappa shape index (κ3) is 10.7. The van der Waals surface area contributed by atoms with Gasteiger partial charge in [-0.15, -0.1) is 0 Å². The average molecular weight is 375 g/mol. The Hall–Kier alpha value is -2.34. The van der Waals surface area contributed by atoms with Gasteiger partial charge in [0.25, 0.3) is 0 Å². The Morgan fingerprint density at radius 2 is 0.786 bits per heavy atom. The molecule has 0 nitrogen and oxygen atoms in total. The molecule has 0 N–H and O–H groups in total. The molecule has 150 valence electrons. The fourth-order valence-electron chi connectivity index (χ4n) is 2.76. The molecule has 0 spiro atoms. The molecule has 0 fully saturated rings. The SMILES string of the molecule is CC(C)Cc1ccccc1.CC(C)c1ccccc1.CC(C)c1ccccc1. The Balaban J connectivity index is 0.000000210. The number of rotatable bonds is 4. The van der Waals surface area contributed by atoms with E-state index in [2.05, 4.69) is 120 Å². The molecular formula is C28H38. The lowest BCUT2D eigenvalue weighted by Crippen LogP contribution is -1.92. The third-order valence-electron chi connectivity index (χ3n) is 4.42. The van der Waals surface area contributed by atoms with E-state index in [9.17, 15) is 0 Å². The molecule has 3 aromatic rings. The first-order valence-corrected chi connectivity index (χ1v) is 10.5. The Labute approximate surface area is 173 Å². The molecule has 0 aromatic heterocycles. The molecule has 0 radical (unpaired) electrons. The quantitative estimate of drug-likeness (QED) is 0.429. The van der Waals surface area contributed by atoms with Gasteiger partial charge in [-0.25, -0.2) is 0 Å². The largest absolute Gasteiger partial charge is 0.0625 e. The minimum atomic E-state index is 0.659. The third-order valence-corrected chi connectivity index (χ3v) is 4.42. The van der Waals surface area contributed by atoms with Gasteiger partial charge in [0, 0.05) is 0 Å². The van der Waals surface area contributed by atoms with E-state index >= 15 is 0 Å². The summed E-state index contributed by atoms with van der Waals surface area (Å²) in [7, 11) is 0. The predicted octanol–water partition coefficient (Wildman–Crippen LogP) is 8.51. The molecular weight excluding hydrogens is 336 g/mol. The molecule has 0 atom stereocenters. The minimum absolute atomic E-state index is 0.659. The lowest BCUT2D eigenvalue weighted by atomic mass is 10.0. The van der Waals surface area contributed by atoms with Gasteiger partial charge in [0.05, 0.1) is 0 Å². The van der Waals surface area contributed by atoms with Crippen molar-refractivity contribution >= 4 is 0 Å². The first-order valence-electron chi connectivity index (χ1n) is 10.5. The topological polar surface area (TPSA) is 0 Å².